The first-order valence-electron chi connectivity index (χ1n) is 12.1. The van der Waals surface area contributed by atoms with Gasteiger partial charge in [0.15, 0.2) is 0 Å². The SMILES string of the molecule is COC(=O)C12CC3CC(C1)C(Nc1c(C(=O)OCc4ccccc4)cnc4[nH]ccc14)C(C3)C2. The summed E-state index contributed by atoms with van der Waals surface area (Å²) in [6.07, 6.45) is 8.31. The lowest BCUT2D eigenvalue weighted by atomic mass is 9.48. The molecule has 2 aromatic heterocycles. The molecule has 0 amide bonds. The summed E-state index contributed by atoms with van der Waals surface area (Å²) >= 11 is 0. The maximum absolute atomic E-state index is 13.2. The van der Waals surface area contributed by atoms with Crippen LogP contribution < -0.4 is 5.32 Å². The molecule has 176 valence electrons. The lowest BCUT2D eigenvalue weighted by molar-refractivity contribution is -0.169. The molecule has 4 bridgehead atoms. The number of fused-ring (bicyclic) bond motifs is 1. The molecule has 4 saturated carbocycles. The molecule has 1 aromatic carbocycles. The van der Waals surface area contributed by atoms with Crippen LogP contribution in [0.4, 0.5) is 5.69 Å². The minimum absolute atomic E-state index is 0.0486. The van der Waals surface area contributed by atoms with Gasteiger partial charge in [-0.25, -0.2) is 9.78 Å². The molecule has 34 heavy (non-hydrogen) atoms. The molecule has 7 heteroatoms. The summed E-state index contributed by atoms with van der Waals surface area (Å²) in [5.74, 6) is 0.889. The minimum Gasteiger partial charge on any atom is -0.469 e. The van der Waals surface area contributed by atoms with Gasteiger partial charge < -0.3 is 19.8 Å². The van der Waals surface area contributed by atoms with Crippen LogP contribution in [-0.2, 0) is 20.9 Å². The number of nitrogens with zero attached hydrogens (tertiary/aromatic N) is 1. The van der Waals surface area contributed by atoms with Crippen molar-refractivity contribution in [2.24, 2.45) is 23.2 Å². The van der Waals surface area contributed by atoms with E-state index in [1.807, 2.05) is 42.6 Å². The summed E-state index contributed by atoms with van der Waals surface area (Å²) in [4.78, 5) is 33.4. The van der Waals surface area contributed by atoms with Crippen LogP contribution in [0.1, 0.15) is 48.0 Å². The molecular formula is C27H29N3O4. The number of nitrogens with one attached hydrogen (secondary N) is 2. The van der Waals surface area contributed by atoms with Crippen molar-refractivity contribution in [2.75, 3.05) is 12.4 Å². The van der Waals surface area contributed by atoms with Gasteiger partial charge in [0.1, 0.15) is 17.8 Å². The summed E-state index contributed by atoms with van der Waals surface area (Å²) in [6, 6.07) is 11.8. The topological polar surface area (TPSA) is 93.3 Å². The van der Waals surface area contributed by atoms with Gasteiger partial charge in [-0.1, -0.05) is 30.3 Å². The minimum atomic E-state index is -0.392. The number of anilines is 1. The number of esters is 2. The Hall–Kier alpha value is -3.35. The zero-order valence-corrected chi connectivity index (χ0v) is 19.3. The van der Waals surface area contributed by atoms with Crippen LogP contribution in [-0.4, -0.2) is 35.1 Å². The van der Waals surface area contributed by atoms with Crippen LogP contribution in [0.25, 0.3) is 11.0 Å². The Labute approximate surface area is 198 Å². The van der Waals surface area contributed by atoms with E-state index in [0.29, 0.717) is 23.3 Å². The number of ether oxygens (including phenoxy) is 2. The fourth-order valence-electron chi connectivity index (χ4n) is 7.01. The van der Waals surface area contributed by atoms with Crippen LogP contribution in [0.3, 0.4) is 0 Å². The number of carbonyl (C=O) groups is 2. The Kier molecular flexibility index (Phi) is 5.08. The van der Waals surface area contributed by atoms with Crippen molar-refractivity contribution in [2.45, 2.75) is 44.8 Å². The number of H-pyrrole nitrogens is 1. The van der Waals surface area contributed by atoms with Crippen LogP contribution >= 0.6 is 0 Å². The molecule has 2 N–H and O–H groups in total. The average molecular weight is 460 g/mol. The molecule has 3 aromatic rings. The van der Waals surface area contributed by atoms with Crippen molar-refractivity contribution in [3.63, 3.8) is 0 Å². The number of rotatable bonds is 6. The van der Waals surface area contributed by atoms with Gasteiger partial charge in [-0.3, -0.25) is 4.79 Å². The highest BCUT2D eigenvalue weighted by atomic mass is 16.5. The zero-order valence-electron chi connectivity index (χ0n) is 19.3. The fraction of sp³-hybridized carbons (Fsp3) is 0.444. The summed E-state index contributed by atoms with van der Waals surface area (Å²) in [7, 11) is 1.50. The number of hydrogen-bond donors (Lipinski definition) is 2. The third-order valence-corrected chi connectivity index (χ3v) is 8.22. The number of methoxy groups -OCH3 is 1. The molecule has 2 heterocycles. The van der Waals surface area contributed by atoms with E-state index >= 15 is 0 Å². The van der Waals surface area contributed by atoms with Gasteiger partial charge in [0.25, 0.3) is 0 Å². The van der Waals surface area contributed by atoms with Gasteiger partial charge in [-0.05, 0) is 61.5 Å². The predicted octanol–water partition coefficient (Wildman–Crippen LogP) is 4.70. The van der Waals surface area contributed by atoms with Crippen molar-refractivity contribution in [1.82, 2.24) is 9.97 Å². The van der Waals surface area contributed by atoms with Crippen molar-refractivity contribution < 1.29 is 19.1 Å². The predicted molar refractivity (Wildman–Crippen MR) is 127 cm³/mol. The first-order chi connectivity index (χ1) is 16.6. The van der Waals surface area contributed by atoms with Gasteiger partial charge in [-0.15, -0.1) is 0 Å². The van der Waals surface area contributed by atoms with E-state index in [1.54, 1.807) is 6.20 Å². The second kappa shape index (κ2) is 8.15. The third kappa shape index (κ3) is 3.45. The molecule has 0 radical (unpaired) electrons. The number of benzene rings is 1. The van der Waals surface area contributed by atoms with Crippen molar-refractivity contribution in [3.8, 4) is 0 Å². The monoisotopic (exact) mass is 459 g/mol. The Balaban J connectivity index is 1.29. The molecule has 7 rings (SSSR count). The number of aromatic amines is 1. The van der Waals surface area contributed by atoms with Gasteiger partial charge in [0, 0.05) is 23.8 Å². The molecule has 0 spiro atoms. The molecular weight excluding hydrogens is 430 g/mol. The fourth-order valence-corrected chi connectivity index (χ4v) is 7.01. The normalized spacial score (nSPS) is 29.2. The number of pyridine rings is 1. The molecule has 4 fully saturated rings. The zero-order chi connectivity index (χ0) is 23.3. The first kappa shape index (κ1) is 21.2. The van der Waals surface area contributed by atoms with E-state index in [0.717, 1.165) is 54.4 Å². The van der Waals surface area contributed by atoms with Crippen molar-refractivity contribution in [1.29, 1.82) is 0 Å². The molecule has 0 saturated heterocycles. The van der Waals surface area contributed by atoms with E-state index in [4.69, 9.17) is 9.47 Å². The van der Waals surface area contributed by atoms with Crippen LogP contribution in [0, 0.1) is 23.2 Å². The molecule has 2 unspecified atom stereocenters. The van der Waals surface area contributed by atoms with Gasteiger partial charge in [0.2, 0.25) is 0 Å². The lowest BCUT2D eigenvalue weighted by Crippen LogP contribution is -2.58. The summed E-state index contributed by atoms with van der Waals surface area (Å²) in [6.45, 7) is 0.211. The Morgan fingerprint density at radius 3 is 2.62 bits per heavy atom. The largest absolute Gasteiger partial charge is 0.469 e. The quantitative estimate of drug-likeness (QED) is 0.519. The van der Waals surface area contributed by atoms with E-state index in [2.05, 4.69) is 15.3 Å². The maximum Gasteiger partial charge on any atom is 0.342 e. The number of aromatic nitrogens is 2. The lowest BCUT2D eigenvalue weighted by Gasteiger charge is -2.58. The number of carbonyl (C=O) groups excluding carboxylic acids is 2. The van der Waals surface area contributed by atoms with E-state index < -0.39 is 5.97 Å². The van der Waals surface area contributed by atoms with E-state index in [1.165, 1.54) is 7.11 Å². The van der Waals surface area contributed by atoms with E-state index in [-0.39, 0.29) is 24.0 Å². The number of hydrogen-bond acceptors (Lipinski definition) is 6. The molecule has 0 aliphatic heterocycles. The average Bonchev–Trinajstić information content (AvgIpc) is 3.34. The van der Waals surface area contributed by atoms with Gasteiger partial charge in [0.05, 0.1) is 18.2 Å². The third-order valence-electron chi connectivity index (χ3n) is 8.22. The second-order valence-corrected chi connectivity index (χ2v) is 10.3. The molecule has 2 atom stereocenters. The Bertz CT molecular complexity index is 1220. The van der Waals surface area contributed by atoms with Crippen LogP contribution in [0.2, 0.25) is 0 Å². The molecule has 4 aliphatic rings. The summed E-state index contributed by atoms with van der Waals surface area (Å²) in [5.41, 5.74) is 2.56. The maximum atomic E-state index is 13.2. The summed E-state index contributed by atoms with van der Waals surface area (Å²) in [5, 5.41) is 4.64. The standard InChI is InChI=1S/C27H29N3O4/c1-33-26(32)27-11-17-9-18(12-27)22(19(10-17)13-27)30-23-20-7-8-28-24(20)29-14-21(23)25(31)34-15-16-5-3-2-4-6-16/h2-8,14,17-19,22H,9-13,15H2,1H3,(H2,28,29,30). The highest BCUT2D eigenvalue weighted by molar-refractivity contribution is 6.04. The Morgan fingerprint density at radius 1 is 1.12 bits per heavy atom. The Morgan fingerprint density at radius 2 is 1.88 bits per heavy atom. The molecule has 4 aliphatic carbocycles. The van der Waals surface area contributed by atoms with Crippen LogP contribution in [0.15, 0.2) is 48.8 Å². The van der Waals surface area contributed by atoms with Crippen molar-refractivity contribution in [3.05, 3.63) is 59.9 Å². The molecule has 7 nitrogen and oxygen atoms in total. The highest BCUT2D eigenvalue weighted by Gasteiger charge is 2.59. The smallest absolute Gasteiger partial charge is 0.342 e. The van der Waals surface area contributed by atoms with Gasteiger partial charge >= 0.3 is 11.9 Å². The highest BCUT2D eigenvalue weighted by Crippen LogP contribution is 2.61. The first-order valence-corrected chi connectivity index (χ1v) is 12.1. The van der Waals surface area contributed by atoms with Crippen molar-refractivity contribution >= 4 is 28.7 Å². The van der Waals surface area contributed by atoms with E-state index in [9.17, 15) is 9.59 Å². The summed E-state index contributed by atoms with van der Waals surface area (Å²) < 4.78 is 10.9. The van der Waals surface area contributed by atoms with Gasteiger partial charge in [-0.2, -0.15) is 0 Å². The van der Waals surface area contributed by atoms with Crippen LogP contribution in [0.5, 0.6) is 0 Å². The second-order valence-electron chi connectivity index (χ2n) is 10.3.